The van der Waals surface area contributed by atoms with Crippen molar-refractivity contribution in [3.05, 3.63) is 59.7 Å². The molecule has 0 fully saturated rings. The van der Waals surface area contributed by atoms with Crippen LogP contribution in [0.3, 0.4) is 0 Å². The average molecular weight is 373 g/mol. The minimum Gasteiger partial charge on any atom is -0.435 e. The third-order valence-electron chi connectivity index (χ3n) is 3.15. The Morgan fingerprint density at radius 2 is 1.80 bits per heavy atom. The minimum atomic E-state index is -2.86. The molecule has 2 aromatic carbocycles. The van der Waals surface area contributed by atoms with Crippen LogP contribution >= 0.6 is 11.8 Å². The number of carbonyl (C=O) groups is 1. The predicted molar refractivity (Wildman–Crippen MR) is 86.9 cm³/mol. The summed E-state index contributed by atoms with van der Waals surface area (Å²) < 4.78 is 54.2. The third kappa shape index (κ3) is 6.66. The molecule has 0 radical (unpaired) electrons. The van der Waals surface area contributed by atoms with E-state index >= 15 is 0 Å². The molecule has 0 saturated heterocycles. The monoisotopic (exact) mass is 373 g/mol. The van der Waals surface area contributed by atoms with Gasteiger partial charge in [0.05, 0.1) is 5.75 Å². The fraction of sp³-hybridized carbons (Fsp3) is 0.235. The summed E-state index contributed by atoms with van der Waals surface area (Å²) in [6.45, 7) is -2.50. The molecule has 1 amide bonds. The van der Waals surface area contributed by atoms with Gasteiger partial charge in [0.25, 0.3) is 0 Å². The van der Waals surface area contributed by atoms with Crippen LogP contribution in [0, 0.1) is 11.6 Å². The predicted octanol–water partition coefficient (Wildman–Crippen LogP) is 4.02. The normalized spacial score (nSPS) is 10.8. The van der Waals surface area contributed by atoms with Gasteiger partial charge in [0.15, 0.2) is 11.6 Å². The molecule has 0 heterocycles. The summed E-state index contributed by atoms with van der Waals surface area (Å²) in [6.07, 6.45) is 0.524. The Balaban J connectivity index is 1.70. The standard InChI is InChI=1S/C17H15F4NO2S/c18-14-6-5-13(9-15(14)19)25-10-16(23)22-8-7-11-1-3-12(4-2-11)24-17(20)21/h1-6,9,17H,7-8,10H2,(H,22,23). The highest BCUT2D eigenvalue weighted by Gasteiger charge is 2.07. The average Bonchev–Trinajstić information content (AvgIpc) is 2.57. The van der Waals surface area contributed by atoms with Gasteiger partial charge in [-0.2, -0.15) is 8.78 Å². The number of thioether (sulfide) groups is 1. The van der Waals surface area contributed by atoms with Crippen molar-refractivity contribution in [1.29, 1.82) is 0 Å². The lowest BCUT2D eigenvalue weighted by Gasteiger charge is -2.07. The molecule has 0 aliphatic rings. The Hall–Kier alpha value is -2.22. The molecule has 0 aliphatic carbocycles. The van der Waals surface area contributed by atoms with Gasteiger partial charge in [0, 0.05) is 11.4 Å². The number of hydrogen-bond donors (Lipinski definition) is 1. The Morgan fingerprint density at radius 1 is 1.08 bits per heavy atom. The summed E-state index contributed by atoms with van der Waals surface area (Å²) in [6, 6.07) is 9.59. The topological polar surface area (TPSA) is 38.3 Å². The molecule has 0 unspecified atom stereocenters. The van der Waals surface area contributed by atoms with Crippen molar-refractivity contribution in [2.75, 3.05) is 12.3 Å². The van der Waals surface area contributed by atoms with Gasteiger partial charge < -0.3 is 10.1 Å². The number of benzene rings is 2. The largest absolute Gasteiger partial charge is 0.435 e. The molecule has 0 bridgehead atoms. The maximum atomic E-state index is 13.1. The first-order valence-electron chi connectivity index (χ1n) is 7.32. The fourth-order valence-corrected chi connectivity index (χ4v) is 2.70. The van der Waals surface area contributed by atoms with Crippen LogP contribution in [0.25, 0.3) is 0 Å². The van der Waals surface area contributed by atoms with Gasteiger partial charge in [-0.3, -0.25) is 4.79 Å². The molecule has 134 valence electrons. The minimum absolute atomic E-state index is 0.0747. The Kier molecular flexibility index (Phi) is 7.12. The van der Waals surface area contributed by atoms with E-state index < -0.39 is 18.2 Å². The van der Waals surface area contributed by atoms with Crippen LogP contribution in [0.5, 0.6) is 5.75 Å². The summed E-state index contributed by atoms with van der Waals surface area (Å²) in [5.41, 5.74) is 0.857. The van der Waals surface area contributed by atoms with Gasteiger partial charge >= 0.3 is 6.61 Å². The molecule has 0 atom stereocenters. The van der Waals surface area contributed by atoms with Crippen molar-refractivity contribution in [3.8, 4) is 5.75 Å². The van der Waals surface area contributed by atoms with Crippen molar-refractivity contribution in [2.24, 2.45) is 0 Å². The van der Waals surface area contributed by atoms with Gasteiger partial charge in [-0.05, 0) is 42.3 Å². The van der Waals surface area contributed by atoms with E-state index in [-0.39, 0.29) is 17.4 Å². The molecule has 0 aromatic heterocycles. The van der Waals surface area contributed by atoms with E-state index in [2.05, 4.69) is 10.1 Å². The number of carbonyl (C=O) groups excluding carboxylic acids is 1. The van der Waals surface area contributed by atoms with Crippen LogP contribution in [0.4, 0.5) is 17.6 Å². The highest BCUT2D eigenvalue weighted by Crippen LogP contribution is 2.20. The number of ether oxygens (including phenoxy) is 1. The van der Waals surface area contributed by atoms with E-state index in [1.165, 1.54) is 18.2 Å². The summed E-state index contributed by atoms with van der Waals surface area (Å²) in [5, 5.41) is 2.70. The van der Waals surface area contributed by atoms with Crippen LogP contribution in [0.15, 0.2) is 47.4 Å². The van der Waals surface area contributed by atoms with Crippen molar-refractivity contribution >= 4 is 17.7 Å². The van der Waals surface area contributed by atoms with E-state index in [0.29, 0.717) is 17.9 Å². The van der Waals surface area contributed by atoms with E-state index in [1.54, 1.807) is 12.1 Å². The lowest BCUT2D eigenvalue weighted by Crippen LogP contribution is -2.27. The van der Waals surface area contributed by atoms with Crippen LogP contribution in [0.2, 0.25) is 0 Å². The second-order valence-electron chi connectivity index (χ2n) is 4.99. The van der Waals surface area contributed by atoms with E-state index in [0.717, 1.165) is 29.5 Å². The Labute approximate surface area is 146 Å². The van der Waals surface area contributed by atoms with Gasteiger partial charge in [-0.25, -0.2) is 8.78 Å². The Bertz CT molecular complexity index is 710. The highest BCUT2D eigenvalue weighted by atomic mass is 32.2. The SMILES string of the molecule is O=C(CSc1ccc(F)c(F)c1)NCCc1ccc(OC(F)F)cc1. The molecule has 2 aromatic rings. The number of rotatable bonds is 8. The summed E-state index contributed by atoms with van der Waals surface area (Å²) in [5.74, 6) is -1.98. The van der Waals surface area contributed by atoms with Crippen molar-refractivity contribution in [1.82, 2.24) is 5.32 Å². The van der Waals surface area contributed by atoms with E-state index in [4.69, 9.17) is 0 Å². The second-order valence-corrected chi connectivity index (χ2v) is 6.04. The van der Waals surface area contributed by atoms with Gasteiger partial charge in [0.1, 0.15) is 5.75 Å². The van der Waals surface area contributed by atoms with E-state index in [9.17, 15) is 22.4 Å². The summed E-state index contributed by atoms with van der Waals surface area (Å²) >= 11 is 1.10. The first-order valence-corrected chi connectivity index (χ1v) is 8.31. The maximum absolute atomic E-state index is 13.1. The molecule has 2 rings (SSSR count). The maximum Gasteiger partial charge on any atom is 0.387 e. The first-order chi connectivity index (χ1) is 11.9. The highest BCUT2D eigenvalue weighted by molar-refractivity contribution is 8.00. The number of nitrogens with one attached hydrogen (secondary N) is 1. The molecule has 25 heavy (non-hydrogen) atoms. The van der Waals surface area contributed by atoms with Gasteiger partial charge in [0.2, 0.25) is 5.91 Å². The molecule has 8 heteroatoms. The van der Waals surface area contributed by atoms with Crippen LogP contribution in [0.1, 0.15) is 5.56 Å². The Morgan fingerprint density at radius 3 is 2.44 bits per heavy atom. The lowest BCUT2D eigenvalue weighted by atomic mass is 10.1. The molecule has 1 N–H and O–H groups in total. The third-order valence-corrected chi connectivity index (χ3v) is 4.14. The lowest BCUT2D eigenvalue weighted by molar-refractivity contribution is -0.118. The molecule has 0 saturated carbocycles. The fourth-order valence-electron chi connectivity index (χ4n) is 1.95. The zero-order chi connectivity index (χ0) is 18.2. The smallest absolute Gasteiger partial charge is 0.387 e. The zero-order valence-electron chi connectivity index (χ0n) is 13.0. The van der Waals surface area contributed by atoms with Gasteiger partial charge in [-0.15, -0.1) is 11.8 Å². The first kappa shape index (κ1) is 19.1. The number of halogens is 4. The summed E-state index contributed by atoms with van der Waals surface area (Å²) in [4.78, 5) is 12.2. The molecular weight excluding hydrogens is 358 g/mol. The zero-order valence-corrected chi connectivity index (χ0v) is 13.8. The quantitative estimate of drug-likeness (QED) is 0.561. The van der Waals surface area contributed by atoms with Crippen molar-refractivity contribution in [2.45, 2.75) is 17.9 Å². The summed E-state index contributed by atoms with van der Waals surface area (Å²) in [7, 11) is 0. The number of alkyl halides is 2. The van der Waals surface area contributed by atoms with Crippen molar-refractivity contribution < 1.29 is 27.1 Å². The molecular formula is C17H15F4NO2S. The van der Waals surface area contributed by atoms with Crippen LogP contribution in [-0.4, -0.2) is 24.8 Å². The van der Waals surface area contributed by atoms with Gasteiger partial charge in [-0.1, -0.05) is 12.1 Å². The second kappa shape index (κ2) is 9.31. The van der Waals surface area contributed by atoms with Crippen LogP contribution < -0.4 is 10.1 Å². The van der Waals surface area contributed by atoms with E-state index in [1.807, 2.05) is 0 Å². The number of amides is 1. The van der Waals surface area contributed by atoms with Crippen molar-refractivity contribution in [3.63, 3.8) is 0 Å². The molecule has 3 nitrogen and oxygen atoms in total. The molecule has 0 spiro atoms. The number of hydrogen-bond acceptors (Lipinski definition) is 3. The molecule has 0 aliphatic heterocycles. The van der Waals surface area contributed by atoms with Crippen LogP contribution in [-0.2, 0) is 11.2 Å².